The maximum Gasteiger partial charge on any atom is 0.235 e. The second kappa shape index (κ2) is 3.09. The van der Waals surface area contributed by atoms with E-state index in [0.29, 0.717) is 0 Å². The highest BCUT2D eigenvalue weighted by molar-refractivity contribution is 7.76. The van der Waals surface area contributed by atoms with Gasteiger partial charge in [0.2, 0.25) is 11.3 Å². The lowest BCUT2D eigenvalue weighted by molar-refractivity contribution is 0.456. The van der Waals surface area contributed by atoms with E-state index in [1.165, 1.54) is 7.05 Å². The van der Waals surface area contributed by atoms with E-state index in [4.69, 9.17) is 10.3 Å². The van der Waals surface area contributed by atoms with Gasteiger partial charge in [0.1, 0.15) is 0 Å². The van der Waals surface area contributed by atoms with Gasteiger partial charge in [-0.3, -0.25) is 4.55 Å². The third kappa shape index (κ3) is 2.69. The van der Waals surface area contributed by atoms with Crippen molar-refractivity contribution >= 4 is 11.3 Å². The van der Waals surface area contributed by atoms with Gasteiger partial charge in [0, 0.05) is 7.05 Å². The molecule has 0 rings (SSSR count). The third-order valence-corrected chi connectivity index (χ3v) is 1.21. The zero-order chi connectivity index (χ0) is 5.86. The Morgan fingerprint density at radius 1 is 2.00 bits per heavy atom. The Hall–Kier alpha value is 0.0300. The number of nitrogens with zero attached hydrogens (tertiary/aromatic N) is 1. The summed E-state index contributed by atoms with van der Waals surface area (Å²) in [7, 11) is 1.45. The van der Waals surface area contributed by atoms with Gasteiger partial charge in [-0.25, -0.2) is 4.21 Å². The van der Waals surface area contributed by atoms with E-state index in [2.05, 4.69) is 0 Å². The minimum absolute atomic E-state index is 0.100. The molecular weight excluding hydrogens is 116 g/mol. The first-order valence-electron chi connectivity index (χ1n) is 1.70. The second-order valence-electron chi connectivity index (χ2n) is 1.04. The number of hydrogen-bond acceptors (Lipinski definition) is 2. The first-order valence-corrected chi connectivity index (χ1v) is 2.77. The quantitative estimate of drug-likeness (QED) is 0.365. The van der Waals surface area contributed by atoms with Crippen LogP contribution < -0.4 is 5.73 Å². The molecule has 0 aliphatic carbocycles. The SMILES string of the molecule is CN(CN)S(=O)O. The molecule has 0 saturated carbocycles. The molecule has 0 heterocycles. The summed E-state index contributed by atoms with van der Waals surface area (Å²) in [6.45, 7) is 0.100. The summed E-state index contributed by atoms with van der Waals surface area (Å²) < 4.78 is 19.1. The second-order valence-corrected chi connectivity index (χ2v) is 2.13. The zero-order valence-electron chi connectivity index (χ0n) is 4.00. The highest BCUT2D eigenvalue weighted by Crippen LogP contribution is 1.77. The zero-order valence-corrected chi connectivity index (χ0v) is 4.81. The maximum absolute atomic E-state index is 9.89. The van der Waals surface area contributed by atoms with Crippen LogP contribution >= 0.6 is 0 Å². The molecule has 0 aromatic rings. The fraction of sp³-hybridized carbons (Fsp3) is 1.00. The molecule has 7 heavy (non-hydrogen) atoms. The summed E-state index contributed by atoms with van der Waals surface area (Å²) >= 11 is -1.90. The summed E-state index contributed by atoms with van der Waals surface area (Å²) in [5.41, 5.74) is 4.95. The first-order chi connectivity index (χ1) is 3.18. The molecule has 0 bridgehead atoms. The monoisotopic (exact) mass is 124 g/mol. The summed E-state index contributed by atoms with van der Waals surface area (Å²) in [6, 6.07) is 0. The summed E-state index contributed by atoms with van der Waals surface area (Å²) in [5.74, 6) is 0. The van der Waals surface area contributed by atoms with Gasteiger partial charge < -0.3 is 5.73 Å². The Bertz CT molecular complexity index is 76.1. The van der Waals surface area contributed by atoms with Gasteiger partial charge in [0.15, 0.2) is 0 Å². The van der Waals surface area contributed by atoms with Gasteiger partial charge in [0.05, 0.1) is 6.67 Å². The van der Waals surface area contributed by atoms with Crippen molar-refractivity contribution in [2.75, 3.05) is 13.7 Å². The Kier molecular flexibility index (Phi) is 3.10. The van der Waals surface area contributed by atoms with Crippen molar-refractivity contribution in [1.29, 1.82) is 0 Å². The molecule has 0 aliphatic heterocycles. The molecule has 4 nitrogen and oxygen atoms in total. The van der Waals surface area contributed by atoms with Gasteiger partial charge in [-0.05, 0) is 0 Å². The molecule has 0 amide bonds. The number of rotatable bonds is 2. The highest BCUT2D eigenvalue weighted by atomic mass is 32.2. The molecule has 1 unspecified atom stereocenters. The molecule has 0 fully saturated rings. The minimum atomic E-state index is -1.90. The fourth-order valence-corrected chi connectivity index (χ4v) is 0.191. The topological polar surface area (TPSA) is 66.6 Å². The van der Waals surface area contributed by atoms with Crippen LogP contribution in [0.25, 0.3) is 0 Å². The molecule has 0 radical (unpaired) electrons. The lowest BCUT2D eigenvalue weighted by Gasteiger charge is -2.04. The van der Waals surface area contributed by atoms with E-state index in [-0.39, 0.29) is 6.67 Å². The average molecular weight is 124 g/mol. The Labute approximate surface area is 44.7 Å². The Morgan fingerprint density at radius 3 is 2.43 bits per heavy atom. The van der Waals surface area contributed by atoms with Crippen LogP contribution in [0.3, 0.4) is 0 Å². The normalized spacial score (nSPS) is 14.9. The molecule has 0 aromatic heterocycles. The van der Waals surface area contributed by atoms with Crippen LogP contribution in [-0.2, 0) is 11.3 Å². The van der Waals surface area contributed by atoms with Crippen LogP contribution in [0.1, 0.15) is 0 Å². The van der Waals surface area contributed by atoms with Crippen molar-refractivity contribution in [3.05, 3.63) is 0 Å². The van der Waals surface area contributed by atoms with Crippen molar-refractivity contribution in [2.45, 2.75) is 0 Å². The Morgan fingerprint density at radius 2 is 2.43 bits per heavy atom. The number of nitrogens with two attached hydrogens (primary N) is 1. The highest BCUT2D eigenvalue weighted by Gasteiger charge is 1.96. The van der Waals surface area contributed by atoms with Crippen molar-refractivity contribution in [3.8, 4) is 0 Å². The molecule has 0 spiro atoms. The molecule has 0 saturated heterocycles. The fourth-order valence-electron chi connectivity index (χ4n) is 0.0638. The van der Waals surface area contributed by atoms with E-state index in [0.717, 1.165) is 4.31 Å². The molecule has 3 N–H and O–H groups in total. The summed E-state index contributed by atoms with van der Waals surface area (Å²) in [4.78, 5) is 0. The van der Waals surface area contributed by atoms with Crippen molar-refractivity contribution in [2.24, 2.45) is 5.73 Å². The van der Waals surface area contributed by atoms with Crippen molar-refractivity contribution < 1.29 is 8.76 Å². The standard InChI is InChI=1S/C2H8N2O2S/c1-4(2-3)7(5)6/h2-3H2,1H3,(H,5,6). The van der Waals surface area contributed by atoms with Gasteiger partial charge in [-0.2, -0.15) is 4.31 Å². The van der Waals surface area contributed by atoms with Crippen LogP contribution in [-0.4, -0.2) is 26.8 Å². The minimum Gasteiger partial charge on any atom is -0.318 e. The van der Waals surface area contributed by atoms with Gasteiger partial charge in [-0.1, -0.05) is 0 Å². The molecule has 44 valence electrons. The third-order valence-electron chi connectivity index (χ3n) is 0.524. The average Bonchev–Trinajstić information content (AvgIpc) is 1.65. The van der Waals surface area contributed by atoms with E-state index in [1.54, 1.807) is 0 Å². The lowest BCUT2D eigenvalue weighted by atomic mass is 11.1. The Balaban J connectivity index is 3.34. The van der Waals surface area contributed by atoms with Crippen molar-refractivity contribution in [1.82, 2.24) is 4.31 Å². The van der Waals surface area contributed by atoms with Crippen LogP contribution in [0.5, 0.6) is 0 Å². The smallest absolute Gasteiger partial charge is 0.235 e. The van der Waals surface area contributed by atoms with Crippen LogP contribution in [0.15, 0.2) is 0 Å². The van der Waals surface area contributed by atoms with Crippen molar-refractivity contribution in [3.63, 3.8) is 0 Å². The van der Waals surface area contributed by atoms with E-state index >= 15 is 0 Å². The molecule has 0 aromatic carbocycles. The predicted octanol–water partition coefficient (Wildman–Crippen LogP) is -1.03. The van der Waals surface area contributed by atoms with Crippen LogP contribution in [0.2, 0.25) is 0 Å². The predicted molar refractivity (Wildman–Crippen MR) is 27.6 cm³/mol. The van der Waals surface area contributed by atoms with Gasteiger partial charge >= 0.3 is 0 Å². The van der Waals surface area contributed by atoms with E-state index < -0.39 is 11.3 Å². The van der Waals surface area contributed by atoms with Crippen LogP contribution in [0.4, 0.5) is 0 Å². The molecular formula is C2H8N2O2S. The molecule has 5 heteroatoms. The van der Waals surface area contributed by atoms with Gasteiger partial charge in [0.25, 0.3) is 0 Å². The van der Waals surface area contributed by atoms with Gasteiger partial charge in [-0.15, -0.1) is 0 Å². The first kappa shape index (κ1) is 7.03. The molecule has 1 atom stereocenters. The summed E-state index contributed by atoms with van der Waals surface area (Å²) in [6.07, 6.45) is 0. The molecule has 0 aliphatic rings. The lowest BCUT2D eigenvalue weighted by Crippen LogP contribution is -2.26. The van der Waals surface area contributed by atoms with Crippen LogP contribution in [0, 0.1) is 0 Å². The van der Waals surface area contributed by atoms with E-state index in [9.17, 15) is 4.21 Å². The number of hydrogen-bond donors (Lipinski definition) is 2. The maximum atomic E-state index is 9.89. The summed E-state index contributed by atoms with van der Waals surface area (Å²) in [5, 5.41) is 0. The largest absolute Gasteiger partial charge is 0.318 e. The van der Waals surface area contributed by atoms with E-state index in [1.807, 2.05) is 0 Å².